The Kier molecular flexibility index (Phi) is 2.53. The zero-order chi connectivity index (χ0) is 10.1. The van der Waals surface area contributed by atoms with Crippen molar-refractivity contribution in [3.63, 3.8) is 0 Å². The van der Waals surface area contributed by atoms with E-state index >= 15 is 0 Å². The summed E-state index contributed by atoms with van der Waals surface area (Å²) in [6.45, 7) is 0. The van der Waals surface area contributed by atoms with Gasteiger partial charge in [-0.3, -0.25) is 4.79 Å². The predicted molar refractivity (Wildman–Crippen MR) is 47.9 cm³/mol. The molecule has 0 bridgehead atoms. The molecule has 1 aromatic rings. The summed E-state index contributed by atoms with van der Waals surface area (Å²) in [5, 5.41) is 0. The number of rotatable bonds is 2. The van der Waals surface area contributed by atoms with Gasteiger partial charge in [0.25, 0.3) is 0 Å². The first-order chi connectivity index (χ1) is 5.94. The first-order valence-electron chi connectivity index (χ1n) is 3.56. The monoisotopic (exact) mass is 202 g/mol. The summed E-state index contributed by atoms with van der Waals surface area (Å²) >= 11 is 0. The van der Waals surface area contributed by atoms with E-state index in [0.717, 1.165) is 4.31 Å². The average Bonchev–Trinajstić information content (AvgIpc) is 2.04. The number of aromatic nitrogens is 1. The summed E-state index contributed by atoms with van der Waals surface area (Å²) in [5.74, 6) is 0. The molecule has 0 unspecified atom stereocenters. The Labute approximate surface area is 76.1 Å². The third-order valence-corrected chi connectivity index (χ3v) is 3.35. The molecule has 72 valence electrons. The molecule has 5 nitrogen and oxygen atoms in total. The average molecular weight is 202 g/mol. The highest BCUT2D eigenvalue weighted by atomic mass is 32.2. The molecule has 0 aliphatic carbocycles. The molecule has 0 saturated carbocycles. The SMILES string of the molecule is CN(C)S(=O)(=O)c1ccc(=O)[nH]c1. The number of H-pyrrole nitrogens is 1. The van der Waals surface area contributed by atoms with Gasteiger partial charge in [0.1, 0.15) is 0 Å². The summed E-state index contributed by atoms with van der Waals surface area (Å²) < 4.78 is 24.0. The van der Waals surface area contributed by atoms with Gasteiger partial charge < -0.3 is 4.98 Å². The molecular weight excluding hydrogens is 192 g/mol. The Bertz CT molecular complexity index is 427. The van der Waals surface area contributed by atoms with E-state index < -0.39 is 10.0 Å². The highest BCUT2D eigenvalue weighted by molar-refractivity contribution is 7.89. The Morgan fingerprint density at radius 3 is 2.31 bits per heavy atom. The fourth-order valence-electron chi connectivity index (χ4n) is 0.768. The minimum Gasteiger partial charge on any atom is -0.328 e. The molecule has 0 radical (unpaired) electrons. The lowest BCUT2D eigenvalue weighted by Crippen LogP contribution is -2.23. The first-order valence-corrected chi connectivity index (χ1v) is 5.00. The largest absolute Gasteiger partial charge is 0.328 e. The fourth-order valence-corrected chi connectivity index (χ4v) is 1.64. The lowest BCUT2D eigenvalue weighted by Gasteiger charge is -2.09. The lowest BCUT2D eigenvalue weighted by molar-refractivity contribution is 0.520. The van der Waals surface area contributed by atoms with Crippen molar-refractivity contribution in [2.24, 2.45) is 0 Å². The van der Waals surface area contributed by atoms with E-state index in [9.17, 15) is 13.2 Å². The molecule has 1 N–H and O–H groups in total. The molecule has 1 rings (SSSR count). The van der Waals surface area contributed by atoms with Crippen molar-refractivity contribution in [1.82, 2.24) is 9.29 Å². The van der Waals surface area contributed by atoms with Gasteiger partial charge in [0.2, 0.25) is 15.6 Å². The number of nitrogens with zero attached hydrogens (tertiary/aromatic N) is 1. The van der Waals surface area contributed by atoms with E-state index in [-0.39, 0.29) is 10.5 Å². The van der Waals surface area contributed by atoms with Crippen LogP contribution in [-0.2, 0) is 10.0 Å². The van der Waals surface area contributed by atoms with Crippen LogP contribution >= 0.6 is 0 Å². The number of hydrogen-bond donors (Lipinski definition) is 1. The summed E-state index contributed by atoms with van der Waals surface area (Å²) in [5.41, 5.74) is -0.322. The van der Waals surface area contributed by atoms with Gasteiger partial charge in [-0.25, -0.2) is 12.7 Å². The Hall–Kier alpha value is -1.14. The van der Waals surface area contributed by atoms with Crippen molar-refractivity contribution < 1.29 is 8.42 Å². The van der Waals surface area contributed by atoms with Gasteiger partial charge in [0.15, 0.2) is 0 Å². The van der Waals surface area contributed by atoms with Gasteiger partial charge in [-0.2, -0.15) is 0 Å². The Morgan fingerprint density at radius 2 is 1.92 bits per heavy atom. The van der Waals surface area contributed by atoms with Gasteiger partial charge in [0, 0.05) is 26.4 Å². The van der Waals surface area contributed by atoms with Crippen LogP contribution < -0.4 is 5.56 Å². The van der Waals surface area contributed by atoms with Crippen molar-refractivity contribution in [2.45, 2.75) is 4.90 Å². The normalized spacial score (nSPS) is 11.9. The van der Waals surface area contributed by atoms with Crippen LogP contribution in [0.25, 0.3) is 0 Å². The zero-order valence-corrected chi connectivity index (χ0v) is 8.13. The minimum atomic E-state index is -3.43. The number of pyridine rings is 1. The van der Waals surface area contributed by atoms with Crippen LogP contribution in [0.1, 0.15) is 0 Å². The smallest absolute Gasteiger partial charge is 0.247 e. The highest BCUT2D eigenvalue weighted by Crippen LogP contribution is 2.08. The molecule has 0 aliphatic rings. The lowest BCUT2D eigenvalue weighted by atomic mass is 10.5. The topological polar surface area (TPSA) is 70.2 Å². The Morgan fingerprint density at radius 1 is 1.31 bits per heavy atom. The second kappa shape index (κ2) is 3.31. The van der Waals surface area contributed by atoms with E-state index in [2.05, 4.69) is 4.98 Å². The van der Waals surface area contributed by atoms with Crippen molar-refractivity contribution in [2.75, 3.05) is 14.1 Å². The number of nitrogens with one attached hydrogen (secondary N) is 1. The van der Waals surface area contributed by atoms with Crippen molar-refractivity contribution >= 4 is 10.0 Å². The van der Waals surface area contributed by atoms with Crippen LogP contribution in [0.3, 0.4) is 0 Å². The molecule has 0 fully saturated rings. The quantitative estimate of drug-likeness (QED) is 0.711. The van der Waals surface area contributed by atoms with Gasteiger partial charge >= 0.3 is 0 Å². The van der Waals surface area contributed by atoms with Crippen LogP contribution in [0.2, 0.25) is 0 Å². The van der Waals surface area contributed by atoms with E-state index in [0.29, 0.717) is 0 Å². The molecule has 0 aromatic carbocycles. The fraction of sp³-hybridized carbons (Fsp3) is 0.286. The summed E-state index contributed by atoms with van der Waals surface area (Å²) in [4.78, 5) is 13.0. The number of hydrogen-bond acceptors (Lipinski definition) is 3. The van der Waals surface area contributed by atoms with Crippen molar-refractivity contribution in [3.8, 4) is 0 Å². The Balaban J connectivity index is 3.25. The second-order valence-electron chi connectivity index (χ2n) is 2.68. The van der Waals surface area contributed by atoms with Gasteiger partial charge in [-0.1, -0.05) is 0 Å². The first kappa shape index (κ1) is 9.94. The molecule has 0 aliphatic heterocycles. The summed E-state index contributed by atoms with van der Waals surface area (Å²) in [7, 11) is -0.568. The molecule has 0 spiro atoms. The number of sulfonamides is 1. The van der Waals surface area contributed by atoms with Gasteiger partial charge in [-0.15, -0.1) is 0 Å². The molecule has 1 aromatic heterocycles. The zero-order valence-electron chi connectivity index (χ0n) is 7.31. The maximum Gasteiger partial charge on any atom is 0.247 e. The van der Waals surface area contributed by atoms with Crippen LogP contribution in [0, 0.1) is 0 Å². The van der Waals surface area contributed by atoms with Crippen LogP contribution in [0.4, 0.5) is 0 Å². The maximum atomic E-state index is 11.4. The van der Waals surface area contributed by atoms with E-state index in [1.165, 1.54) is 32.4 Å². The molecule has 1 heterocycles. The van der Waals surface area contributed by atoms with Crippen LogP contribution in [-0.4, -0.2) is 31.8 Å². The second-order valence-corrected chi connectivity index (χ2v) is 4.83. The van der Waals surface area contributed by atoms with Crippen LogP contribution in [0.5, 0.6) is 0 Å². The molecule has 0 saturated heterocycles. The third kappa shape index (κ3) is 1.96. The summed E-state index contributed by atoms with van der Waals surface area (Å²) in [6.07, 6.45) is 1.18. The van der Waals surface area contributed by atoms with Gasteiger partial charge in [-0.05, 0) is 6.07 Å². The molecule has 6 heteroatoms. The van der Waals surface area contributed by atoms with E-state index in [1.807, 2.05) is 0 Å². The minimum absolute atomic E-state index is 0.0806. The molecule has 0 amide bonds. The van der Waals surface area contributed by atoms with Crippen molar-refractivity contribution in [3.05, 3.63) is 28.7 Å². The molecule has 13 heavy (non-hydrogen) atoms. The molecule has 0 atom stereocenters. The molecular formula is C7H10N2O3S. The predicted octanol–water partition coefficient (Wildman–Crippen LogP) is -0.375. The number of aromatic amines is 1. The standard InChI is InChI=1S/C7H10N2O3S/c1-9(2)13(11,12)6-3-4-7(10)8-5-6/h3-5H,1-2H3,(H,8,10). The van der Waals surface area contributed by atoms with Crippen LogP contribution in [0.15, 0.2) is 28.0 Å². The van der Waals surface area contributed by atoms with E-state index in [4.69, 9.17) is 0 Å². The van der Waals surface area contributed by atoms with Gasteiger partial charge in [0.05, 0.1) is 4.90 Å². The summed E-state index contributed by atoms with van der Waals surface area (Å²) in [6, 6.07) is 2.45. The van der Waals surface area contributed by atoms with E-state index in [1.54, 1.807) is 0 Å². The van der Waals surface area contributed by atoms with Crippen molar-refractivity contribution in [1.29, 1.82) is 0 Å². The maximum absolute atomic E-state index is 11.4. The third-order valence-electron chi connectivity index (χ3n) is 1.53. The highest BCUT2D eigenvalue weighted by Gasteiger charge is 2.16.